The molecule has 0 unspecified atom stereocenters. The number of nitrogens with zero attached hydrogens (tertiary/aromatic N) is 1. The van der Waals surface area contributed by atoms with Crippen molar-refractivity contribution in [3.05, 3.63) is 59.4 Å². The lowest BCUT2D eigenvalue weighted by Gasteiger charge is -2.33. The molecule has 2 aromatic heterocycles. The largest absolute Gasteiger partial charge is 0.496 e. The molecule has 4 heteroatoms. The second kappa shape index (κ2) is 6.36. The number of furan rings is 1. The topological polar surface area (TPSA) is 51.0 Å². The average molecular weight is 411 g/mol. The highest BCUT2D eigenvalue weighted by Gasteiger charge is 2.30. The number of rotatable bonds is 2. The number of H-pyrrole nitrogens is 1. The van der Waals surface area contributed by atoms with Gasteiger partial charge in [-0.3, -0.25) is 0 Å². The first kappa shape index (κ1) is 18.5. The van der Waals surface area contributed by atoms with Gasteiger partial charge in [-0.2, -0.15) is 0 Å². The van der Waals surface area contributed by atoms with E-state index in [0.717, 1.165) is 56.5 Å². The Morgan fingerprint density at radius 2 is 1.94 bits per heavy atom. The fourth-order valence-corrected chi connectivity index (χ4v) is 5.50. The summed E-state index contributed by atoms with van der Waals surface area (Å²) < 4.78 is 11.7. The van der Waals surface area contributed by atoms with Crippen LogP contribution in [0.25, 0.3) is 44.2 Å². The Bertz CT molecular complexity index is 1490. The van der Waals surface area contributed by atoms with Crippen molar-refractivity contribution in [1.82, 2.24) is 9.97 Å². The van der Waals surface area contributed by atoms with Gasteiger partial charge >= 0.3 is 0 Å². The van der Waals surface area contributed by atoms with Crippen LogP contribution in [0.1, 0.15) is 43.4 Å². The van der Waals surface area contributed by atoms with Gasteiger partial charge in [0.05, 0.1) is 30.0 Å². The number of para-hydroxylation sites is 1. The summed E-state index contributed by atoms with van der Waals surface area (Å²) in [5.41, 5.74) is 8.15. The highest BCUT2D eigenvalue weighted by molar-refractivity contribution is 6.24. The second-order valence-electron chi connectivity index (χ2n) is 9.38. The number of nitrogens with one attached hydrogen (secondary N) is 1. The third-order valence-electron chi connectivity index (χ3n) is 7.04. The molecule has 0 amide bonds. The van der Waals surface area contributed by atoms with Gasteiger partial charge in [0.2, 0.25) is 0 Å². The molecule has 1 aliphatic carbocycles. The van der Waals surface area contributed by atoms with Crippen LogP contribution >= 0.6 is 0 Å². The fraction of sp³-hybridized carbons (Fsp3) is 0.296. The molecule has 3 aromatic carbocycles. The van der Waals surface area contributed by atoms with Crippen LogP contribution in [-0.4, -0.2) is 17.1 Å². The van der Waals surface area contributed by atoms with Crippen molar-refractivity contribution in [1.29, 1.82) is 0 Å². The molecule has 1 N–H and O–H groups in total. The van der Waals surface area contributed by atoms with Gasteiger partial charge in [-0.05, 0) is 60.4 Å². The summed E-state index contributed by atoms with van der Waals surface area (Å²) in [6.45, 7) is 6.81. The minimum atomic E-state index is 0.171. The quantitative estimate of drug-likeness (QED) is 0.339. The summed E-state index contributed by atoms with van der Waals surface area (Å²) in [4.78, 5) is 8.79. The van der Waals surface area contributed by atoms with Crippen LogP contribution in [0.5, 0.6) is 5.75 Å². The van der Waals surface area contributed by atoms with Crippen molar-refractivity contribution < 1.29 is 9.15 Å². The van der Waals surface area contributed by atoms with Crippen molar-refractivity contribution in [2.75, 3.05) is 7.11 Å². The number of imidazole rings is 1. The van der Waals surface area contributed by atoms with Crippen molar-refractivity contribution in [3.63, 3.8) is 0 Å². The minimum absolute atomic E-state index is 0.171. The summed E-state index contributed by atoms with van der Waals surface area (Å²) in [6.07, 6.45) is 5.34. The highest BCUT2D eigenvalue weighted by Crippen LogP contribution is 2.45. The molecule has 0 saturated carbocycles. The first-order valence-electron chi connectivity index (χ1n) is 11.0. The minimum Gasteiger partial charge on any atom is -0.496 e. The molecule has 1 aliphatic rings. The number of methoxy groups -OCH3 is 1. The Morgan fingerprint density at radius 3 is 2.77 bits per heavy atom. The van der Waals surface area contributed by atoms with Gasteiger partial charge < -0.3 is 14.1 Å². The smallest absolute Gasteiger partial charge is 0.144 e. The Balaban J connectivity index is 1.79. The third-order valence-corrected chi connectivity index (χ3v) is 7.04. The number of aromatic amines is 1. The molecule has 156 valence electrons. The van der Waals surface area contributed by atoms with Crippen LogP contribution in [-0.2, 0) is 11.8 Å². The summed E-state index contributed by atoms with van der Waals surface area (Å²) in [5, 5.41) is 3.51. The predicted octanol–water partition coefficient (Wildman–Crippen LogP) is 7.06. The first-order chi connectivity index (χ1) is 15.0. The number of aromatic nitrogens is 2. The predicted molar refractivity (Wildman–Crippen MR) is 126 cm³/mol. The molecule has 0 spiro atoms. The van der Waals surface area contributed by atoms with E-state index in [-0.39, 0.29) is 5.41 Å². The molecular formula is C27H26N2O2. The highest BCUT2D eigenvalue weighted by atomic mass is 16.5. The molecule has 0 radical (unpaired) electrons. The molecular weight excluding hydrogens is 384 g/mol. The zero-order valence-corrected chi connectivity index (χ0v) is 18.4. The number of hydrogen-bond donors (Lipinski definition) is 1. The molecule has 0 aliphatic heterocycles. The fourth-order valence-electron chi connectivity index (χ4n) is 5.50. The normalized spacial score (nSPS) is 15.6. The van der Waals surface area contributed by atoms with E-state index in [0.29, 0.717) is 0 Å². The monoisotopic (exact) mass is 410 g/mol. The molecule has 6 rings (SSSR count). The maximum atomic E-state index is 6.10. The molecule has 0 atom stereocenters. The summed E-state index contributed by atoms with van der Waals surface area (Å²) >= 11 is 0. The maximum Gasteiger partial charge on any atom is 0.144 e. The second-order valence-corrected chi connectivity index (χ2v) is 9.38. The van der Waals surface area contributed by atoms with E-state index in [1.54, 1.807) is 7.11 Å². The van der Waals surface area contributed by atoms with Crippen LogP contribution in [0.2, 0.25) is 0 Å². The number of benzene rings is 3. The van der Waals surface area contributed by atoms with Gasteiger partial charge in [-0.25, -0.2) is 4.98 Å². The molecule has 31 heavy (non-hydrogen) atoms. The van der Waals surface area contributed by atoms with Gasteiger partial charge in [-0.15, -0.1) is 0 Å². The molecule has 0 saturated heterocycles. The van der Waals surface area contributed by atoms with Crippen LogP contribution < -0.4 is 4.74 Å². The van der Waals surface area contributed by atoms with Gasteiger partial charge in [-0.1, -0.05) is 38.1 Å². The van der Waals surface area contributed by atoms with E-state index in [2.05, 4.69) is 44.0 Å². The molecule has 0 bridgehead atoms. The Kier molecular flexibility index (Phi) is 3.80. The Morgan fingerprint density at radius 1 is 1.10 bits per heavy atom. The molecule has 4 nitrogen and oxygen atoms in total. The summed E-state index contributed by atoms with van der Waals surface area (Å²) in [7, 11) is 1.70. The zero-order valence-electron chi connectivity index (χ0n) is 18.4. The van der Waals surface area contributed by atoms with Crippen molar-refractivity contribution >= 4 is 32.8 Å². The Labute approximate surface area is 181 Å². The molecule has 0 fully saturated rings. The van der Waals surface area contributed by atoms with E-state index in [1.165, 1.54) is 29.4 Å². The van der Waals surface area contributed by atoms with Crippen molar-refractivity contribution in [2.24, 2.45) is 0 Å². The van der Waals surface area contributed by atoms with Gasteiger partial charge in [0.25, 0.3) is 0 Å². The average Bonchev–Trinajstić information content (AvgIpc) is 3.37. The van der Waals surface area contributed by atoms with Gasteiger partial charge in [0.1, 0.15) is 17.2 Å². The van der Waals surface area contributed by atoms with Crippen molar-refractivity contribution in [3.8, 4) is 17.1 Å². The van der Waals surface area contributed by atoms with E-state index >= 15 is 0 Å². The summed E-state index contributed by atoms with van der Waals surface area (Å²) in [6, 6.07) is 12.6. The van der Waals surface area contributed by atoms with Crippen molar-refractivity contribution in [2.45, 2.75) is 45.4 Å². The zero-order chi connectivity index (χ0) is 21.3. The maximum absolute atomic E-state index is 6.10. The lowest BCUT2D eigenvalue weighted by atomic mass is 9.71. The number of aryl methyl sites for hydroxylation is 2. The lowest BCUT2D eigenvalue weighted by Crippen LogP contribution is -2.23. The van der Waals surface area contributed by atoms with E-state index in [4.69, 9.17) is 14.1 Å². The third kappa shape index (κ3) is 2.51. The van der Waals surface area contributed by atoms with E-state index in [1.807, 2.05) is 24.5 Å². The summed E-state index contributed by atoms with van der Waals surface area (Å²) in [5.74, 6) is 1.64. The van der Waals surface area contributed by atoms with Gasteiger partial charge in [0.15, 0.2) is 0 Å². The molecule has 5 aromatic rings. The number of fused-ring (bicyclic) bond motifs is 8. The van der Waals surface area contributed by atoms with Crippen LogP contribution in [0.4, 0.5) is 0 Å². The van der Waals surface area contributed by atoms with Gasteiger partial charge in [0, 0.05) is 16.2 Å². The lowest BCUT2D eigenvalue weighted by molar-refractivity contribution is 0.416. The van der Waals surface area contributed by atoms with E-state index < -0.39 is 0 Å². The van der Waals surface area contributed by atoms with Crippen LogP contribution in [0, 0.1) is 6.92 Å². The standard InChI is InChI=1S/C27H26N2O2/c1-15-14-31-25-18-11-12-19-16(9-7-13-27(19,2)3)22(18)24-23(21(15)25)28-26(29-24)17-8-5-6-10-20(17)30-4/h5-6,8,10-12,14H,7,9,13H2,1-4H3,(H,28,29). The van der Waals surface area contributed by atoms with Crippen LogP contribution in [0.15, 0.2) is 47.1 Å². The SMILES string of the molecule is COc1ccccc1-c1nc2c([nH]1)c1c(C)coc1c1ccc3c(c12)CCCC3(C)C. The number of hydrogen-bond acceptors (Lipinski definition) is 3. The Hall–Kier alpha value is -3.27. The number of ether oxygens (including phenoxy) is 1. The van der Waals surface area contributed by atoms with Crippen LogP contribution in [0.3, 0.4) is 0 Å². The molecule has 2 heterocycles. The first-order valence-corrected chi connectivity index (χ1v) is 11.0. The van der Waals surface area contributed by atoms with E-state index in [9.17, 15) is 0 Å².